The molecule has 0 saturated heterocycles. The van der Waals surface area contributed by atoms with Gasteiger partial charge in [-0.2, -0.15) is 15.4 Å². The Morgan fingerprint density at radius 2 is 2.20 bits per heavy atom. The summed E-state index contributed by atoms with van der Waals surface area (Å²) in [6.45, 7) is 3.70. The van der Waals surface area contributed by atoms with E-state index in [0.717, 1.165) is 0 Å². The Morgan fingerprint density at radius 3 is 2.40 bits per heavy atom. The molecule has 0 fully saturated rings. The molecular weight excluding hydrogens is 133 g/mol. The van der Waals surface area contributed by atoms with Gasteiger partial charge in [0.25, 0.3) is 0 Å². The summed E-state index contributed by atoms with van der Waals surface area (Å²) < 4.78 is 11.4. The summed E-state index contributed by atoms with van der Waals surface area (Å²) >= 11 is 0. The van der Waals surface area contributed by atoms with Gasteiger partial charge in [0.05, 0.1) is 6.20 Å². The van der Waals surface area contributed by atoms with Crippen LogP contribution in [-0.2, 0) is 6.67 Å². The molecule has 0 aromatic carbocycles. The van der Waals surface area contributed by atoms with Crippen molar-refractivity contribution >= 4 is 0 Å². The Kier molecular flexibility index (Phi) is 5.62. The minimum atomic E-state index is -0.545. The number of hydrogen-bond acceptors (Lipinski definition) is 2. The summed E-state index contributed by atoms with van der Waals surface area (Å²) in [6, 6.07) is 0. The lowest BCUT2D eigenvalue weighted by atomic mass is 10.5. The molecule has 10 heavy (non-hydrogen) atoms. The van der Waals surface area contributed by atoms with Gasteiger partial charge in [0.15, 0.2) is 0 Å². The van der Waals surface area contributed by atoms with Crippen LogP contribution in [-0.4, -0.2) is 15.4 Å². The van der Waals surface area contributed by atoms with Gasteiger partial charge in [0.2, 0.25) is 0 Å². The fourth-order valence-corrected chi connectivity index (χ4v) is 0.290. The molecule has 0 aliphatic rings. The molecule has 0 saturated carbocycles. The lowest BCUT2D eigenvalue weighted by Crippen LogP contribution is -1.74. The summed E-state index contributed by atoms with van der Waals surface area (Å²) in [5, 5.41) is 9.08. The monoisotopic (exact) mass is 145 g/mol. The molecule has 3 nitrogen and oxygen atoms in total. The molecule has 0 aliphatic carbocycles. The molecule has 1 rings (SSSR count). The number of nitrogens with zero attached hydrogens (tertiary/aromatic N) is 2. The third kappa shape index (κ3) is 4.00. The maximum atomic E-state index is 11.4. The lowest BCUT2D eigenvalue weighted by Gasteiger charge is -1.71. The summed E-state index contributed by atoms with van der Waals surface area (Å²) in [5.74, 6) is 0. The maximum absolute atomic E-state index is 11.4. The number of H-pyrrole nitrogens is 1. The van der Waals surface area contributed by atoms with Gasteiger partial charge in [-0.1, -0.05) is 20.3 Å². The molecule has 0 bridgehead atoms. The first kappa shape index (κ1) is 9.07. The van der Waals surface area contributed by atoms with Crippen LogP contribution in [0.4, 0.5) is 4.39 Å². The fourth-order valence-electron chi connectivity index (χ4n) is 0.290. The number of hydrogen-bond donors (Lipinski definition) is 1. The van der Waals surface area contributed by atoms with Crippen molar-refractivity contribution in [1.82, 2.24) is 15.4 Å². The molecule has 1 N–H and O–H groups in total. The van der Waals surface area contributed by atoms with Gasteiger partial charge in [-0.3, -0.25) is 0 Å². The minimum absolute atomic E-state index is 0.347. The van der Waals surface area contributed by atoms with E-state index in [1.807, 2.05) is 0 Å². The second-order valence-corrected chi connectivity index (χ2v) is 1.80. The molecular formula is C6H12FN3. The van der Waals surface area contributed by atoms with E-state index in [0.29, 0.717) is 5.69 Å². The topological polar surface area (TPSA) is 41.6 Å². The van der Waals surface area contributed by atoms with Crippen LogP contribution in [0.3, 0.4) is 0 Å². The van der Waals surface area contributed by atoms with E-state index in [4.69, 9.17) is 0 Å². The molecule has 0 unspecified atom stereocenters. The highest BCUT2D eigenvalue weighted by Crippen LogP contribution is 1.88. The van der Waals surface area contributed by atoms with Crippen molar-refractivity contribution in [1.29, 1.82) is 0 Å². The Morgan fingerprint density at radius 1 is 1.60 bits per heavy atom. The molecule has 1 heterocycles. The van der Waals surface area contributed by atoms with Gasteiger partial charge in [-0.25, -0.2) is 4.39 Å². The fraction of sp³-hybridized carbons (Fsp3) is 0.667. The van der Waals surface area contributed by atoms with Gasteiger partial charge in [-0.05, 0) is 0 Å². The van der Waals surface area contributed by atoms with Crippen molar-refractivity contribution in [2.75, 3.05) is 0 Å². The summed E-state index contributed by atoms with van der Waals surface area (Å²) in [4.78, 5) is 0. The summed E-state index contributed by atoms with van der Waals surface area (Å²) in [5.41, 5.74) is 0.347. The van der Waals surface area contributed by atoms with Gasteiger partial charge in [-0.15, -0.1) is 0 Å². The molecule has 0 atom stereocenters. The molecule has 0 radical (unpaired) electrons. The quantitative estimate of drug-likeness (QED) is 0.653. The average molecular weight is 145 g/mol. The standard InChI is InChI=1S/C3H4FN3.C3H8/c4-1-3-2-5-7-6-3;1-3-2/h2H,1H2,(H,5,6,7);3H2,1-2H3. The average Bonchev–Trinajstić information content (AvgIpc) is 2.39. The maximum Gasteiger partial charge on any atom is 0.135 e. The SMILES string of the molecule is CCC.FCc1cn[nH]n1. The van der Waals surface area contributed by atoms with Crippen molar-refractivity contribution in [3.05, 3.63) is 11.9 Å². The van der Waals surface area contributed by atoms with Crippen molar-refractivity contribution < 1.29 is 4.39 Å². The Hall–Kier alpha value is -0.930. The Bertz CT molecular complexity index is 139. The van der Waals surface area contributed by atoms with Crippen LogP contribution in [0, 0.1) is 0 Å². The first-order valence-electron chi connectivity index (χ1n) is 3.25. The van der Waals surface area contributed by atoms with Crippen LogP contribution in [0.25, 0.3) is 0 Å². The second kappa shape index (κ2) is 6.19. The number of halogens is 1. The van der Waals surface area contributed by atoms with Crippen molar-refractivity contribution in [3.63, 3.8) is 0 Å². The van der Waals surface area contributed by atoms with Crippen LogP contribution in [0.15, 0.2) is 6.20 Å². The second-order valence-electron chi connectivity index (χ2n) is 1.80. The highest BCUT2D eigenvalue weighted by molar-refractivity contribution is 4.85. The largest absolute Gasteiger partial charge is 0.244 e. The van der Waals surface area contributed by atoms with Crippen molar-refractivity contribution in [3.8, 4) is 0 Å². The molecule has 58 valence electrons. The lowest BCUT2D eigenvalue weighted by molar-refractivity contribution is 0.475. The third-order valence-electron chi connectivity index (χ3n) is 0.602. The molecule has 1 aromatic rings. The van der Waals surface area contributed by atoms with E-state index in [-0.39, 0.29) is 0 Å². The van der Waals surface area contributed by atoms with Crippen molar-refractivity contribution in [2.45, 2.75) is 26.9 Å². The van der Waals surface area contributed by atoms with Gasteiger partial charge in [0, 0.05) is 0 Å². The van der Waals surface area contributed by atoms with Crippen LogP contribution in [0.5, 0.6) is 0 Å². The predicted octanol–water partition coefficient (Wildman–Crippen LogP) is 1.69. The number of nitrogens with one attached hydrogen (secondary N) is 1. The molecule has 0 spiro atoms. The van der Waals surface area contributed by atoms with Crippen LogP contribution >= 0.6 is 0 Å². The van der Waals surface area contributed by atoms with E-state index in [2.05, 4.69) is 29.3 Å². The van der Waals surface area contributed by atoms with Crippen LogP contribution in [0.2, 0.25) is 0 Å². The minimum Gasteiger partial charge on any atom is -0.244 e. The van der Waals surface area contributed by atoms with Gasteiger partial charge >= 0.3 is 0 Å². The van der Waals surface area contributed by atoms with E-state index in [9.17, 15) is 4.39 Å². The zero-order valence-electron chi connectivity index (χ0n) is 6.26. The van der Waals surface area contributed by atoms with E-state index >= 15 is 0 Å². The highest BCUT2D eigenvalue weighted by atomic mass is 19.1. The molecule has 0 amide bonds. The van der Waals surface area contributed by atoms with Gasteiger partial charge < -0.3 is 0 Å². The predicted molar refractivity (Wildman–Crippen MR) is 37.2 cm³/mol. The molecule has 1 aromatic heterocycles. The van der Waals surface area contributed by atoms with E-state index < -0.39 is 6.67 Å². The zero-order valence-corrected chi connectivity index (χ0v) is 6.26. The van der Waals surface area contributed by atoms with Crippen molar-refractivity contribution in [2.24, 2.45) is 0 Å². The number of aromatic amines is 1. The molecule has 4 heteroatoms. The Labute approximate surface area is 59.6 Å². The van der Waals surface area contributed by atoms with E-state index in [1.54, 1.807) is 0 Å². The van der Waals surface area contributed by atoms with Gasteiger partial charge in [0.1, 0.15) is 12.4 Å². The molecule has 0 aliphatic heterocycles. The van der Waals surface area contributed by atoms with E-state index in [1.165, 1.54) is 12.6 Å². The first-order chi connectivity index (χ1) is 4.85. The third-order valence-corrected chi connectivity index (χ3v) is 0.602. The highest BCUT2D eigenvalue weighted by Gasteiger charge is 1.88. The zero-order chi connectivity index (χ0) is 7.82. The number of aromatic nitrogens is 3. The summed E-state index contributed by atoms with van der Waals surface area (Å²) in [6.07, 6.45) is 2.60. The smallest absolute Gasteiger partial charge is 0.135 e. The summed E-state index contributed by atoms with van der Waals surface area (Å²) in [7, 11) is 0. The number of alkyl halides is 1. The van der Waals surface area contributed by atoms with Crippen LogP contribution < -0.4 is 0 Å². The Balaban J connectivity index is 0.000000236. The normalized spacial score (nSPS) is 8.30. The number of rotatable bonds is 1. The van der Waals surface area contributed by atoms with Crippen LogP contribution in [0.1, 0.15) is 26.0 Å². The first-order valence-corrected chi connectivity index (χ1v) is 3.25.